The molecule has 1 fully saturated rings. The largest absolute Gasteiger partial charge is 0.299 e. The Kier molecular flexibility index (Phi) is 3.07. The lowest BCUT2D eigenvalue weighted by molar-refractivity contribution is -0.128. The number of Topliss-reactive ketones (excluding diaryl/α,β-unsaturated/α-hetero) is 1. The van der Waals surface area contributed by atoms with E-state index in [1.54, 1.807) is 0 Å². The van der Waals surface area contributed by atoms with Crippen LogP contribution in [-0.4, -0.2) is 12.1 Å². The highest BCUT2D eigenvalue weighted by molar-refractivity contribution is 5.93. The van der Waals surface area contributed by atoms with Gasteiger partial charge in [-0.05, 0) is 30.8 Å². The molecule has 0 radical (unpaired) electrons. The Morgan fingerprint density at radius 3 is 2.88 bits per heavy atom. The fourth-order valence-electron chi connectivity index (χ4n) is 3.58. The summed E-state index contributed by atoms with van der Waals surface area (Å²) in [6.45, 7) is 8.13. The van der Waals surface area contributed by atoms with Crippen molar-refractivity contribution < 1.29 is 9.59 Å². The van der Waals surface area contributed by atoms with Crippen molar-refractivity contribution in [2.75, 3.05) is 0 Å². The highest BCUT2D eigenvalue weighted by atomic mass is 16.1. The van der Waals surface area contributed by atoms with Gasteiger partial charge in [0.05, 0.1) is 5.92 Å². The molecule has 0 amide bonds. The minimum Gasteiger partial charge on any atom is -0.299 e. The minimum atomic E-state index is -0.296. The summed E-state index contributed by atoms with van der Waals surface area (Å²) in [5, 5.41) is 0. The van der Waals surface area contributed by atoms with Gasteiger partial charge in [0.2, 0.25) is 0 Å². The van der Waals surface area contributed by atoms with Crippen LogP contribution < -0.4 is 0 Å². The molecular weight excluding hydrogens is 212 g/mol. The Hall–Kier alpha value is -1.18. The molecule has 0 unspecified atom stereocenters. The zero-order chi connectivity index (χ0) is 12.6. The summed E-state index contributed by atoms with van der Waals surface area (Å²) in [7, 11) is 0. The van der Waals surface area contributed by atoms with Gasteiger partial charge in [0.15, 0.2) is 0 Å². The maximum atomic E-state index is 12.2. The predicted octanol–water partition coefficient (Wildman–Crippen LogP) is 3.08. The molecule has 0 spiro atoms. The van der Waals surface area contributed by atoms with Crippen LogP contribution >= 0.6 is 0 Å². The maximum absolute atomic E-state index is 12.2. The second-order valence-corrected chi connectivity index (χ2v) is 5.58. The van der Waals surface area contributed by atoms with Crippen LogP contribution in [0.2, 0.25) is 0 Å². The van der Waals surface area contributed by atoms with Crippen LogP contribution in [0.1, 0.15) is 39.5 Å². The van der Waals surface area contributed by atoms with Crippen LogP contribution in [0, 0.1) is 17.3 Å². The molecule has 17 heavy (non-hydrogen) atoms. The van der Waals surface area contributed by atoms with Gasteiger partial charge in [-0.3, -0.25) is 9.59 Å². The van der Waals surface area contributed by atoms with Gasteiger partial charge in [-0.15, -0.1) is 0 Å². The normalized spacial score (nSPS) is 37.1. The van der Waals surface area contributed by atoms with Crippen molar-refractivity contribution in [3.63, 3.8) is 0 Å². The molecule has 0 aliphatic heterocycles. The Balaban J connectivity index is 2.49. The third-order valence-corrected chi connectivity index (χ3v) is 4.79. The number of rotatable bonds is 2. The van der Waals surface area contributed by atoms with Gasteiger partial charge < -0.3 is 0 Å². The van der Waals surface area contributed by atoms with Gasteiger partial charge in [-0.2, -0.15) is 0 Å². The van der Waals surface area contributed by atoms with Gasteiger partial charge in [0, 0.05) is 11.8 Å². The van der Waals surface area contributed by atoms with Crippen molar-refractivity contribution >= 4 is 12.1 Å². The van der Waals surface area contributed by atoms with E-state index >= 15 is 0 Å². The first kappa shape index (κ1) is 12.3. The lowest BCUT2D eigenvalue weighted by Crippen LogP contribution is -2.46. The molecule has 0 saturated heterocycles. The van der Waals surface area contributed by atoms with E-state index in [0.717, 1.165) is 25.5 Å². The van der Waals surface area contributed by atoms with Crippen molar-refractivity contribution in [3.05, 3.63) is 23.8 Å². The summed E-state index contributed by atoms with van der Waals surface area (Å²) in [6, 6.07) is 0. The molecule has 2 rings (SSSR count). The molecule has 2 aliphatic rings. The van der Waals surface area contributed by atoms with Crippen LogP contribution in [-0.2, 0) is 9.59 Å². The van der Waals surface area contributed by atoms with Crippen LogP contribution in [0.25, 0.3) is 0 Å². The lowest BCUT2D eigenvalue weighted by atomic mass is 9.54. The molecule has 2 heteroatoms. The number of fused-ring (bicyclic) bond motifs is 1. The van der Waals surface area contributed by atoms with Crippen LogP contribution in [0.3, 0.4) is 0 Å². The molecule has 0 aromatic carbocycles. The zero-order valence-corrected chi connectivity index (χ0v) is 10.7. The van der Waals surface area contributed by atoms with Crippen LogP contribution in [0.15, 0.2) is 23.8 Å². The fraction of sp³-hybridized carbons (Fsp3) is 0.600. The molecule has 0 N–H and O–H groups in total. The van der Waals surface area contributed by atoms with E-state index in [0.29, 0.717) is 17.9 Å². The number of carbonyl (C=O) groups excluding carboxylic acids is 2. The molecule has 3 atom stereocenters. The topological polar surface area (TPSA) is 34.1 Å². The molecule has 2 aliphatic carbocycles. The van der Waals surface area contributed by atoms with Crippen molar-refractivity contribution in [1.29, 1.82) is 0 Å². The average Bonchev–Trinajstić information content (AvgIpc) is 2.30. The molecular formula is C15H20O2. The van der Waals surface area contributed by atoms with Crippen molar-refractivity contribution in [3.8, 4) is 0 Å². The fourth-order valence-corrected chi connectivity index (χ4v) is 3.58. The maximum Gasteiger partial charge on any atom is 0.146 e. The Labute approximate surface area is 103 Å². The Bertz CT molecular complexity index is 405. The minimum absolute atomic E-state index is 0.175. The molecule has 0 bridgehead atoms. The summed E-state index contributed by atoms with van der Waals surface area (Å²) in [5.74, 6) is 0.333. The number of aldehydes is 1. The standard InChI is InChI=1S/C15H20O2/c1-10(9-16)14-13(17)8-7-12-6-4-5-11(2)15(12,14)3/h6,9,11,14H,1,4-5,7-8H2,2-3H3/t11-,14-,15+/m0/s1. The van der Waals surface area contributed by atoms with E-state index in [9.17, 15) is 9.59 Å². The van der Waals surface area contributed by atoms with E-state index in [2.05, 4.69) is 26.5 Å². The van der Waals surface area contributed by atoms with Gasteiger partial charge in [0.25, 0.3) is 0 Å². The van der Waals surface area contributed by atoms with Gasteiger partial charge in [-0.25, -0.2) is 0 Å². The highest BCUT2D eigenvalue weighted by Gasteiger charge is 2.49. The van der Waals surface area contributed by atoms with E-state index in [-0.39, 0.29) is 17.1 Å². The third-order valence-electron chi connectivity index (χ3n) is 4.79. The summed E-state index contributed by atoms with van der Waals surface area (Å²) < 4.78 is 0. The van der Waals surface area contributed by atoms with Crippen molar-refractivity contribution in [1.82, 2.24) is 0 Å². The first-order chi connectivity index (χ1) is 8.01. The number of hydrogen-bond acceptors (Lipinski definition) is 2. The quantitative estimate of drug-likeness (QED) is 0.416. The summed E-state index contributed by atoms with van der Waals surface area (Å²) in [6.07, 6.45) is 6.65. The third kappa shape index (κ3) is 1.70. The van der Waals surface area contributed by atoms with Crippen LogP contribution in [0.5, 0.6) is 0 Å². The molecule has 0 aromatic heterocycles. The Morgan fingerprint density at radius 1 is 1.53 bits per heavy atom. The summed E-state index contributed by atoms with van der Waals surface area (Å²) in [5.41, 5.74) is 1.65. The molecule has 0 aromatic rings. The number of hydrogen-bond donors (Lipinski definition) is 0. The highest BCUT2D eigenvalue weighted by Crippen LogP contribution is 2.54. The lowest BCUT2D eigenvalue weighted by Gasteiger charge is -2.49. The first-order valence-electron chi connectivity index (χ1n) is 6.38. The van der Waals surface area contributed by atoms with Gasteiger partial charge >= 0.3 is 0 Å². The summed E-state index contributed by atoms with van der Waals surface area (Å²) in [4.78, 5) is 23.2. The number of ketones is 1. The van der Waals surface area contributed by atoms with E-state index in [1.165, 1.54) is 5.57 Å². The van der Waals surface area contributed by atoms with Gasteiger partial charge in [-0.1, -0.05) is 32.1 Å². The van der Waals surface area contributed by atoms with Crippen molar-refractivity contribution in [2.45, 2.75) is 39.5 Å². The van der Waals surface area contributed by atoms with E-state index in [4.69, 9.17) is 0 Å². The SMILES string of the molecule is C=C(C=O)[C@H]1C(=O)CCC2=CCC[C@H](C)[C@]21C. The monoisotopic (exact) mass is 232 g/mol. The second-order valence-electron chi connectivity index (χ2n) is 5.58. The molecule has 92 valence electrons. The van der Waals surface area contributed by atoms with Crippen LogP contribution in [0.4, 0.5) is 0 Å². The Morgan fingerprint density at radius 2 is 2.24 bits per heavy atom. The second kappa shape index (κ2) is 4.25. The van der Waals surface area contributed by atoms with E-state index in [1.807, 2.05) is 0 Å². The molecule has 0 heterocycles. The average molecular weight is 232 g/mol. The zero-order valence-electron chi connectivity index (χ0n) is 10.7. The van der Waals surface area contributed by atoms with Crippen molar-refractivity contribution in [2.24, 2.45) is 17.3 Å². The predicted molar refractivity (Wildman–Crippen MR) is 67.5 cm³/mol. The first-order valence-corrected chi connectivity index (χ1v) is 6.38. The summed E-state index contributed by atoms with van der Waals surface area (Å²) >= 11 is 0. The van der Waals surface area contributed by atoms with E-state index < -0.39 is 0 Å². The number of carbonyl (C=O) groups is 2. The molecule has 1 saturated carbocycles. The van der Waals surface area contributed by atoms with Gasteiger partial charge in [0.1, 0.15) is 12.1 Å². The smallest absolute Gasteiger partial charge is 0.146 e. The molecule has 2 nitrogen and oxygen atoms in total. The number of allylic oxidation sites excluding steroid dienone is 3.